The van der Waals surface area contributed by atoms with Crippen molar-refractivity contribution in [3.63, 3.8) is 0 Å². The summed E-state index contributed by atoms with van der Waals surface area (Å²) in [5.41, 5.74) is 2.15. The molecule has 0 unspecified atom stereocenters. The average Bonchev–Trinajstić information content (AvgIpc) is 2.86. The molecule has 106 valence electrons. The molecule has 1 N–H and O–H groups in total. The summed E-state index contributed by atoms with van der Waals surface area (Å²) in [7, 11) is 0. The zero-order valence-electron chi connectivity index (χ0n) is 10.9. The Kier molecular flexibility index (Phi) is 3.62. The highest BCUT2D eigenvalue weighted by Gasteiger charge is 2.09. The number of carboxylic acids is 1. The molecule has 3 nitrogen and oxygen atoms in total. The molecule has 0 fully saturated rings. The lowest BCUT2D eigenvalue weighted by atomic mass is 10.1. The SMILES string of the molecule is O=C(O)c1ccc2c(ccn2Cc2cccc(Cl)c2Cl)c1. The molecule has 0 aliphatic carbocycles. The number of hydrogen-bond donors (Lipinski definition) is 1. The number of aromatic nitrogens is 1. The molecule has 0 amide bonds. The third kappa shape index (κ3) is 2.62. The van der Waals surface area contributed by atoms with Crippen molar-refractivity contribution < 1.29 is 9.90 Å². The quantitative estimate of drug-likeness (QED) is 0.760. The fourth-order valence-electron chi connectivity index (χ4n) is 2.33. The topological polar surface area (TPSA) is 42.2 Å². The maximum absolute atomic E-state index is 11.0. The van der Waals surface area contributed by atoms with E-state index in [9.17, 15) is 4.79 Å². The Morgan fingerprint density at radius 3 is 2.71 bits per heavy atom. The zero-order valence-corrected chi connectivity index (χ0v) is 12.4. The van der Waals surface area contributed by atoms with E-state index in [4.69, 9.17) is 28.3 Å². The van der Waals surface area contributed by atoms with Crippen LogP contribution in [0.3, 0.4) is 0 Å². The molecule has 0 bridgehead atoms. The molecule has 0 aliphatic rings. The predicted molar refractivity (Wildman–Crippen MR) is 84.5 cm³/mol. The lowest BCUT2D eigenvalue weighted by Crippen LogP contribution is -2.00. The minimum atomic E-state index is -0.928. The van der Waals surface area contributed by atoms with E-state index in [0.29, 0.717) is 16.6 Å². The minimum Gasteiger partial charge on any atom is -0.478 e. The molecule has 0 saturated carbocycles. The molecule has 2 aromatic carbocycles. The Hall–Kier alpha value is -1.97. The van der Waals surface area contributed by atoms with Crippen LogP contribution in [0.25, 0.3) is 10.9 Å². The van der Waals surface area contributed by atoms with E-state index in [2.05, 4.69) is 0 Å². The van der Waals surface area contributed by atoms with Gasteiger partial charge in [0.1, 0.15) is 0 Å². The second-order valence-electron chi connectivity index (χ2n) is 4.74. The molecule has 0 radical (unpaired) electrons. The molecule has 5 heteroatoms. The van der Waals surface area contributed by atoms with Crippen LogP contribution in [0.1, 0.15) is 15.9 Å². The van der Waals surface area contributed by atoms with E-state index >= 15 is 0 Å². The van der Waals surface area contributed by atoms with Crippen molar-refractivity contribution in [2.75, 3.05) is 0 Å². The lowest BCUT2D eigenvalue weighted by molar-refractivity contribution is 0.0697. The highest BCUT2D eigenvalue weighted by atomic mass is 35.5. The second-order valence-corrected chi connectivity index (χ2v) is 5.52. The Bertz CT molecular complexity index is 839. The molecule has 1 heterocycles. The van der Waals surface area contributed by atoms with Crippen molar-refractivity contribution in [1.82, 2.24) is 4.57 Å². The van der Waals surface area contributed by atoms with Gasteiger partial charge in [-0.05, 0) is 35.9 Å². The van der Waals surface area contributed by atoms with Crippen LogP contribution in [0.5, 0.6) is 0 Å². The van der Waals surface area contributed by atoms with Crippen molar-refractivity contribution in [2.24, 2.45) is 0 Å². The van der Waals surface area contributed by atoms with Crippen LogP contribution in [0.2, 0.25) is 10.0 Å². The molecule has 0 atom stereocenters. The zero-order chi connectivity index (χ0) is 15.0. The van der Waals surface area contributed by atoms with Crippen molar-refractivity contribution in [2.45, 2.75) is 6.54 Å². The maximum Gasteiger partial charge on any atom is 0.335 e. The first-order valence-electron chi connectivity index (χ1n) is 6.31. The van der Waals surface area contributed by atoms with E-state index in [1.165, 1.54) is 0 Å². The standard InChI is InChI=1S/C16H11Cl2NO2/c17-13-3-1-2-12(15(13)18)9-19-7-6-10-8-11(16(20)21)4-5-14(10)19/h1-8H,9H2,(H,20,21). The lowest BCUT2D eigenvalue weighted by Gasteiger charge is -2.09. The summed E-state index contributed by atoms with van der Waals surface area (Å²) in [5, 5.41) is 11.0. The monoisotopic (exact) mass is 319 g/mol. The van der Waals surface area contributed by atoms with Gasteiger partial charge in [-0.25, -0.2) is 4.79 Å². The summed E-state index contributed by atoms with van der Waals surface area (Å²) in [6.45, 7) is 0.579. The number of benzene rings is 2. The molecule has 0 saturated heterocycles. The van der Waals surface area contributed by atoms with Crippen molar-refractivity contribution in [3.05, 3.63) is 69.8 Å². The second kappa shape index (κ2) is 5.43. The van der Waals surface area contributed by atoms with E-state index in [1.54, 1.807) is 24.3 Å². The van der Waals surface area contributed by atoms with Crippen LogP contribution in [-0.2, 0) is 6.54 Å². The van der Waals surface area contributed by atoms with Crippen LogP contribution < -0.4 is 0 Å². The predicted octanol–water partition coefficient (Wildman–Crippen LogP) is 4.69. The third-order valence-corrected chi connectivity index (χ3v) is 4.25. The first-order valence-corrected chi connectivity index (χ1v) is 7.07. The van der Waals surface area contributed by atoms with Gasteiger partial charge in [0.25, 0.3) is 0 Å². The van der Waals surface area contributed by atoms with E-state index in [1.807, 2.05) is 29.0 Å². The summed E-state index contributed by atoms with van der Waals surface area (Å²) < 4.78 is 2.01. The summed E-state index contributed by atoms with van der Waals surface area (Å²) in [6.07, 6.45) is 1.91. The molecule has 3 rings (SSSR count). The van der Waals surface area contributed by atoms with Gasteiger partial charge in [0, 0.05) is 23.6 Å². The normalized spacial score (nSPS) is 11.0. The Labute approximate surface area is 131 Å². The highest BCUT2D eigenvalue weighted by Crippen LogP contribution is 2.27. The van der Waals surface area contributed by atoms with Gasteiger partial charge in [-0.15, -0.1) is 0 Å². The van der Waals surface area contributed by atoms with Crippen LogP contribution in [-0.4, -0.2) is 15.6 Å². The first kappa shape index (κ1) is 14.0. The molecule has 1 aromatic heterocycles. The van der Waals surface area contributed by atoms with Crippen molar-refractivity contribution >= 4 is 40.1 Å². The van der Waals surface area contributed by atoms with Gasteiger partial charge >= 0.3 is 5.97 Å². The van der Waals surface area contributed by atoms with Gasteiger partial charge in [0.15, 0.2) is 0 Å². The average molecular weight is 320 g/mol. The van der Waals surface area contributed by atoms with Gasteiger partial charge in [-0.3, -0.25) is 0 Å². The number of hydrogen-bond acceptors (Lipinski definition) is 1. The summed E-state index contributed by atoms with van der Waals surface area (Å²) >= 11 is 12.2. The molecular weight excluding hydrogens is 309 g/mol. The number of rotatable bonds is 3. The Morgan fingerprint density at radius 1 is 1.14 bits per heavy atom. The van der Waals surface area contributed by atoms with Crippen molar-refractivity contribution in [3.8, 4) is 0 Å². The van der Waals surface area contributed by atoms with Gasteiger partial charge in [0.2, 0.25) is 0 Å². The third-order valence-electron chi connectivity index (χ3n) is 3.39. The Balaban J connectivity index is 2.02. The number of nitrogens with zero attached hydrogens (tertiary/aromatic N) is 1. The molecule has 3 aromatic rings. The van der Waals surface area contributed by atoms with Gasteiger partial charge in [-0.2, -0.15) is 0 Å². The number of fused-ring (bicyclic) bond motifs is 1. The molecular formula is C16H11Cl2NO2. The van der Waals surface area contributed by atoms with Crippen LogP contribution in [0.15, 0.2) is 48.7 Å². The minimum absolute atomic E-state index is 0.279. The smallest absolute Gasteiger partial charge is 0.335 e. The van der Waals surface area contributed by atoms with E-state index in [-0.39, 0.29) is 5.56 Å². The number of halogens is 2. The summed E-state index contributed by atoms with van der Waals surface area (Å²) in [5.74, 6) is -0.928. The molecule has 0 aliphatic heterocycles. The van der Waals surface area contributed by atoms with Crippen molar-refractivity contribution in [1.29, 1.82) is 0 Å². The largest absolute Gasteiger partial charge is 0.478 e. The van der Waals surface area contributed by atoms with E-state index in [0.717, 1.165) is 16.5 Å². The fourth-order valence-corrected chi connectivity index (χ4v) is 2.71. The van der Waals surface area contributed by atoms with Gasteiger partial charge in [-0.1, -0.05) is 35.3 Å². The number of carbonyl (C=O) groups is 1. The summed E-state index contributed by atoms with van der Waals surface area (Å²) in [6, 6.07) is 12.5. The van der Waals surface area contributed by atoms with Crippen LogP contribution in [0.4, 0.5) is 0 Å². The van der Waals surface area contributed by atoms with Crippen LogP contribution >= 0.6 is 23.2 Å². The van der Waals surface area contributed by atoms with Crippen LogP contribution in [0, 0.1) is 0 Å². The number of aromatic carboxylic acids is 1. The highest BCUT2D eigenvalue weighted by molar-refractivity contribution is 6.42. The van der Waals surface area contributed by atoms with Gasteiger partial charge < -0.3 is 9.67 Å². The van der Waals surface area contributed by atoms with E-state index < -0.39 is 5.97 Å². The molecule has 0 spiro atoms. The summed E-state index contributed by atoms with van der Waals surface area (Å²) in [4.78, 5) is 11.0. The fraction of sp³-hybridized carbons (Fsp3) is 0.0625. The maximum atomic E-state index is 11.0. The Morgan fingerprint density at radius 2 is 1.95 bits per heavy atom. The van der Waals surface area contributed by atoms with Gasteiger partial charge in [0.05, 0.1) is 15.6 Å². The first-order chi connectivity index (χ1) is 10.1. The molecule has 21 heavy (non-hydrogen) atoms. The number of carboxylic acid groups (broad SMARTS) is 1.